The molecule has 0 unspecified atom stereocenters. The average Bonchev–Trinajstić information content (AvgIpc) is 2.29. The van der Waals surface area contributed by atoms with E-state index in [0.717, 1.165) is 3.57 Å². The molecule has 0 saturated carbocycles. The van der Waals surface area contributed by atoms with Gasteiger partial charge in [0, 0.05) is 9.77 Å². The Bertz CT molecular complexity index is 659. The number of anilines is 1. The first-order chi connectivity index (χ1) is 8.47. The summed E-state index contributed by atoms with van der Waals surface area (Å²) in [4.78, 5) is 3.99. The van der Waals surface area contributed by atoms with Crippen molar-refractivity contribution in [2.45, 2.75) is 4.90 Å². The summed E-state index contributed by atoms with van der Waals surface area (Å²) < 4.78 is 27.5. The third-order valence-electron chi connectivity index (χ3n) is 2.10. The standard InChI is InChI=1S/C11H8ClIN2O2S/c12-11-7-9(5-6-14-11)15-18(16,17)10-3-1-8(13)2-4-10/h1-7H,(H,14,15). The summed E-state index contributed by atoms with van der Waals surface area (Å²) in [5.74, 6) is 0. The Morgan fingerprint density at radius 2 is 1.83 bits per heavy atom. The van der Waals surface area contributed by atoms with Crippen LogP contribution in [0.1, 0.15) is 0 Å². The number of rotatable bonds is 3. The maximum atomic E-state index is 12.0. The van der Waals surface area contributed by atoms with Gasteiger partial charge in [-0.1, -0.05) is 11.6 Å². The van der Waals surface area contributed by atoms with Crippen molar-refractivity contribution < 1.29 is 8.42 Å². The van der Waals surface area contributed by atoms with E-state index in [-0.39, 0.29) is 10.0 Å². The zero-order chi connectivity index (χ0) is 13.2. The lowest BCUT2D eigenvalue weighted by Gasteiger charge is -2.08. The predicted molar refractivity (Wildman–Crippen MR) is 79.2 cm³/mol. The van der Waals surface area contributed by atoms with Gasteiger partial charge in [0.1, 0.15) is 5.15 Å². The van der Waals surface area contributed by atoms with Gasteiger partial charge in [0.2, 0.25) is 0 Å². The highest BCUT2D eigenvalue weighted by molar-refractivity contribution is 14.1. The minimum atomic E-state index is -3.59. The van der Waals surface area contributed by atoms with Crippen LogP contribution in [-0.2, 0) is 10.0 Å². The number of nitrogens with one attached hydrogen (secondary N) is 1. The molecule has 0 aliphatic rings. The van der Waals surface area contributed by atoms with Crippen LogP contribution in [0.3, 0.4) is 0 Å². The molecule has 2 rings (SSSR count). The van der Waals surface area contributed by atoms with E-state index < -0.39 is 10.0 Å². The van der Waals surface area contributed by atoms with Crippen LogP contribution in [0, 0.1) is 3.57 Å². The Morgan fingerprint density at radius 3 is 2.44 bits per heavy atom. The van der Waals surface area contributed by atoms with Crippen molar-refractivity contribution in [1.29, 1.82) is 0 Å². The highest BCUT2D eigenvalue weighted by Crippen LogP contribution is 2.18. The lowest BCUT2D eigenvalue weighted by molar-refractivity contribution is 0.601. The number of pyridine rings is 1. The van der Waals surface area contributed by atoms with Crippen LogP contribution in [0.15, 0.2) is 47.5 Å². The lowest BCUT2D eigenvalue weighted by atomic mass is 10.4. The number of benzene rings is 1. The molecule has 1 aromatic carbocycles. The molecule has 18 heavy (non-hydrogen) atoms. The van der Waals surface area contributed by atoms with Crippen molar-refractivity contribution in [3.8, 4) is 0 Å². The minimum Gasteiger partial charge on any atom is -0.279 e. The molecule has 1 N–H and O–H groups in total. The smallest absolute Gasteiger partial charge is 0.261 e. The fraction of sp³-hybridized carbons (Fsp3) is 0. The number of aromatic nitrogens is 1. The predicted octanol–water partition coefficient (Wildman–Crippen LogP) is 3.14. The third kappa shape index (κ3) is 3.33. The van der Waals surface area contributed by atoms with Crippen LogP contribution >= 0.6 is 34.2 Å². The van der Waals surface area contributed by atoms with Gasteiger partial charge in [-0.15, -0.1) is 0 Å². The van der Waals surface area contributed by atoms with E-state index in [1.54, 1.807) is 24.3 Å². The second-order valence-electron chi connectivity index (χ2n) is 3.43. The van der Waals surface area contributed by atoms with Gasteiger partial charge in [-0.2, -0.15) is 0 Å². The second kappa shape index (κ2) is 5.41. The summed E-state index contributed by atoms with van der Waals surface area (Å²) in [6.07, 6.45) is 1.44. The van der Waals surface area contributed by atoms with E-state index in [4.69, 9.17) is 11.6 Å². The van der Waals surface area contributed by atoms with E-state index in [0.29, 0.717) is 5.69 Å². The number of hydrogen-bond acceptors (Lipinski definition) is 3. The summed E-state index contributed by atoms with van der Waals surface area (Å²) in [6.45, 7) is 0. The summed E-state index contributed by atoms with van der Waals surface area (Å²) in [5, 5.41) is 0.234. The molecule has 1 heterocycles. The minimum absolute atomic E-state index is 0.204. The number of halogens is 2. The Balaban J connectivity index is 2.30. The van der Waals surface area contributed by atoms with Gasteiger partial charge in [0.05, 0.1) is 10.6 Å². The molecular formula is C11H8ClIN2O2S. The van der Waals surface area contributed by atoms with Gasteiger partial charge >= 0.3 is 0 Å². The van der Waals surface area contributed by atoms with Gasteiger partial charge in [-0.3, -0.25) is 4.72 Å². The molecule has 7 heteroatoms. The molecular weight excluding hydrogens is 387 g/mol. The molecule has 0 radical (unpaired) electrons. The fourth-order valence-electron chi connectivity index (χ4n) is 1.29. The number of sulfonamides is 1. The molecule has 4 nitrogen and oxygen atoms in total. The number of nitrogens with zero attached hydrogens (tertiary/aromatic N) is 1. The molecule has 2 aromatic rings. The van der Waals surface area contributed by atoms with Gasteiger partial charge < -0.3 is 0 Å². The molecule has 0 fully saturated rings. The average molecular weight is 395 g/mol. The quantitative estimate of drug-likeness (QED) is 0.643. The molecule has 1 aromatic heterocycles. The van der Waals surface area contributed by atoms with E-state index in [1.165, 1.54) is 18.3 Å². The van der Waals surface area contributed by atoms with Gasteiger partial charge in [-0.05, 0) is 59.0 Å². The van der Waals surface area contributed by atoms with Crippen molar-refractivity contribution in [2.24, 2.45) is 0 Å². The Hall–Kier alpha value is -0.860. The molecule has 0 spiro atoms. The largest absolute Gasteiger partial charge is 0.279 e. The highest BCUT2D eigenvalue weighted by atomic mass is 127. The van der Waals surface area contributed by atoms with Crippen molar-refractivity contribution in [2.75, 3.05) is 4.72 Å². The van der Waals surface area contributed by atoms with Crippen molar-refractivity contribution in [1.82, 2.24) is 4.98 Å². The Morgan fingerprint density at radius 1 is 1.17 bits per heavy atom. The molecule has 0 bridgehead atoms. The van der Waals surface area contributed by atoms with Gasteiger partial charge in [0.15, 0.2) is 0 Å². The first kappa shape index (κ1) is 13.6. The monoisotopic (exact) mass is 394 g/mol. The summed E-state index contributed by atoms with van der Waals surface area (Å²) >= 11 is 7.81. The lowest BCUT2D eigenvalue weighted by Crippen LogP contribution is -2.12. The molecule has 94 valence electrons. The maximum absolute atomic E-state index is 12.0. The zero-order valence-electron chi connectivity index (χ0n) is 8.97. The van der Waals surface area contributed by atoms with Crippen LogP contribution in [0.2, 0.25) is 5.15 Å². The van der Waals surface area contributed by atoms with E-state index in [2.05, 4.69) is 32.3 Å². The van der Waals surface area contributed by atoms with E-state index >= 15 is 0 Å². The van der Waals surface area contributed by atoms with Crippen LogP contribution in [0.5, 0.6) is 0 Å². The van der Waals surface area contributed by atoms with Gasteiger partial charge in [-0.25, -0.2) is 13.4 Å². The summed E-state index contributed by atoms with van der Waals surface area (Å²) in [5.41, 5.74) is 0.383. The Kier molecular flexibility index (Phi) is 4.08. The highest BCUT2D eigenvalue weighted by Gasteiger charge is 2.13. The molecule has 0 aliphatic heterocycles. The van der Waals surface area contributed by atoms with Gasteiger partial charge in [0.25, 0.3) is 10.0 Å². The molecule has 0 amide bonds. The fourth-order valence-corrected chi connectivity index (χ4v) is 2.88. The van der Waals surface area contributed by atoms with Crippen LogP contribution < -0.4 is 4.72 Å². The zero-order valence-corrected chi connectivity index (χ0v) is 12.7. The van der Waals surface area contributed by atoms with Crippen LogP contribution in [-0.4, -0.2) is 13.4 Å². The topological polar surface area (TPSA) is 59.1 Å². The molecule has 0 saturated heterocycles. The van der Waals surface area contributed by atoms with Crippen molar-refractivity contribution in [3.05, 3.63) is 51.3 Å². The van der Waals surface area contributed by atoms with Crippen LogP contribution in [0.25, 0.3) is 0 Å². The maximum Gasteiger partial charge on any atom is 0.261 e. The SMILES string of the molecule is O=S(=O)(Nc1ccnc(Cl)c1)c1ccc(I)cc1. The first-order valence-electron chi connectivity index (χ1n) is 4.87. The van der Waals surface area contributed by atoms with Crippen molar-refractivity contribution in [3.63, 3.8) is 0 Å². The first-order valence-corrected chi connectivity index (χ1v) is 7.81. The normalized spacial score (nSPS) is 11.2. The summed E-state index contributed by atoms with van der Waals surface area (Å²) in [6, 6.07) is 9.55. The van der Waals surface area contributed by atoms with Crippen LogP contribution in [0.4, 0.5) is 5.69 Å². The summed E-state index contributed by atoms with van der Waals surface area (Å²) in [7, 11) is -3.59. The molecule has 0 atom stereocenters. The number of hydrogen-bond donors (Lipinski definition) is 1. The third-order valence-corrected chi connectivity index (χ3v) is 4.43. The van der Waals surface area contributed by atoms with E-state index in [9.17, 15) is 8.42 Å². The van der Waals surface area contributed by atoms with E-state index in [1.807, 2.05) is 0 Å². The second-order valence-corrected chi connectivity index (χ2v) is 6.74. The van der Waals surface area contributed by atoms with Crippen molar-refractivity contribution >= 4 is 49.9 Å². The molecule has 0 aliphatic carbocycles. The Labute approximate surface area is 124 Å².